The number of anilines is 1. The van der Waals surface area contributed by atoms with Gasteiger partial charge < -0.3 is 5.73 Å². The predicted molar refractivity (Wildman–Crippen MR) is 42.8 cm³/mol. The Morgan fingerprint density at radius 3 is 3.00 bits per heavy atom. The Morgan fingerprint density at radius 2 is 2.50 bits per heavy atom. The van der Waals surface area contributed by atoms with Crippen molar-refractivity contribution >= 4 is 16.7 Å². The van der Waals surface area contributed by atoms with Crippen LogP contribution in [0.15, 0.2) is 12.2 Å². The number of hydrogen-bond donors (Lipinski definition) is 1. The fourth-order valence-electron chi connectivity index (χ4n) is 0.574. The number of nitrogens with zero attached hydrogens (tertiary/aromatic N) is 2. The molecule has 0 amide bonds. The van der Waals surface area contributed by atoms with Gasteiger partial charge >= 0.3 is 0 Å². The smallest absolute Gasteiger partial charge is 0.199 e. The molecule has 0 atom stereocenters. The van der Waals surface area contributed by atoms with E-state index in [9.17, 15) is 0 Å². The van der Waals surface area contributed by atoms with E-state index in [1.54, 1.807) is 0 Å². The van der Waals surface area contributed by atoms with Crippen LogP contribution in [0.3, 0.4) is 0 Å². The van der Waals surface area contributed by atoms with E-state index in [4.69, 9.17) is 5.73 Å². The van der Waals surface area contributed by atoms with E-state index < -0.39 is 0 Å². The highest BCUT2D eigenvalue weighted by molar-refractivity contribution is 7.09. The molecule has 3 nitrogen and oxygen atoms in total. The predicted octanol–water partition coefficient (Wildman–Crippen LogP) is 1.24. The van der Waals surface area contributed by atoms with Crippen LogP contribution in [0.5, 0.6) is 0 Å². The highest BCUT2D eigenvalue weighted by Crippen LogP contribution is 2.05. The fraction of sp³-hybridized carbons (Fsp3) is 0.333. The Balaban J connectivity index is 2.58. The van der Waals surface area contributed by atoms with Crippen LogP contribution in [0.2, 0.25) is 0 Å². The Labute approximate surface area is 63.8 Å². The minimum atomic E-state index is 0.541. The maximum atomic E-state index is 5.37. The first-order valence-electron chi connectivity index (χ1n) is 3.02. The normalized spacial score (nSPS) is 10.9. The molecule has 1 rings (SSSR count). The molecule has 0 fully saturated rings. The van der Waals surface area contributed by atoms with Gasteiger partial charge in [-0.25, -0.2) is 4.98 Å². The molecule has 0 saturated heterocycles. The Hall–Kier alpha value is -0.900. The lowest BCUT2D eigenvalue weighted by molar-refractivity contribution is 1.07. The standard InChI is InChI=1S/C6H9N3S/c1-2-3-4-5-8-6(7)10-9-5/h2-3H,4H2,1H3,(H2,7,8,9). The van der Waals surface area contributed by atoms with Crippen LogP contribution in [-0.2, 0) is 6.42 Å². The van der Waals surface area contributed by atoms with Crippen LogP contribution in [-0.4, -0.2) is 9.36 Å². The van der Waals surface area contributed by atoms with Crippen molar-refractivity contribution in [1.29, 1.82) is 0 Å². The Kier molecular flexibility index (Phi) is 2.39. The number of rotatable bonds is 2. The molecule has 4 heteroatoms. The van der Waals surface area contributed by atoms with Crippen molar-refractivity contribution in [3.63, 3.8) is 0 Å². The first-order chi connectivity index (χ1) is 4.83. The summed E-state index contributed by atoms with van der Waals surface area (Å²) < 4.78 is 4.01. The third-order valence-electron chi connectivity index (χ3n) is 1.02. The van der Waals surface area contributed by atoms with E-state index >= 15 is 0 Å². The van der Waals surface area contributed by atoms with E-state index in [1.165, 1.54) is 11.5 Å². The summed E-state index contributed by atoms with van der Waals surface area (Å²) in [4.78, 5) is 3.98. The lowest BCUT2D eigenvalue weighted by atomic mass is 10.4. The largest absolute Gasteiger partial charge is 0.374 e. The second-order valence-corrected chi connectivity index (χ2v) is 2.61. The number of hydrogen-bond acceptors (Lipinski definition) is 4. The third-order valence-corrected chi connectivity index (χ3v) is 1.60. The molecule has 0 aliphatic heterocycles. The highest BCUT2D eigenvalue weighted by Gasteiger charge is 1.95. The summed E-state index contributed by atoms with van der Waals surface area (Å²) >= 11 is 1.24. The van der Waals surface area contributed by atoms with Crippen molar-refractivity contribution in [2.75, 3.05) is 5.73 Å². The summed E-state index contributed by atoms with van der Waals surface area (Å²) in [6, 6.07) is 0. The second kappa shape index (κ2) is 3.31. The van der Waals surface area contributed by atoms with Crippen molar-refractivity contribution in [3.8, 4) is 0 Å². The average Bonchev–Trinajstić information content (AvgIpc) is 2.31. The number of nitrogen functional groups attached to an aromatic ring is 1. The molecule has 1 heterocycles. The first-order valence-corrected chi connectivity index (χ1v) is 3.79. The van der Waals surface area contributed by atoms with Crippen molar-refractivity contribution < 1.29 is 0 Å². The SMILES string of the molecule is CC=CCc1nsc(N)n1. The average molecular weight is 155 g/mol. The Bertz CT molecular complexity index is 229. The molecule has 0 radical (unpaired) electrons. The van der Waals surface area contributed by atoms with Crippen LogP contribution < -0.4 is 5.73 Å². The molecule has 0 aromatic carbocycles. The molecule has 0 aliphatic carbocycles. The van der Waals surface area contributed by atoms with Gasteiger partial charge in [0.15, 0.2) is 5.13 Å². The van der Waals surface area contributed by atoms with Gasteiger partial charge in [0.2, 0.25) is 0 Å². The first kappa shape index (κ1) is 7.21. The topological polar surface area (TPSA) is 51.8 Å². The molecule has 0 aliphatic rings. The lowest BCUT2D eigenvalue weighted by Gasteiger charge is -1.81. The molecular weight excluding hydrogens is 146 g/mol. The van der Waals surface area contributed by atoms with Crippen molar-refractivity contribution in [1.82, 2.24) is 9.36 Å². The minimum Gasteiger partial charge on any atom is -0.374 e. The molecular formula is C6H9N3S. The Morgan fingerprint density at radius 1 is 1.70 bits per heavy atom. The molecule has 0 saturated carbocycles. The van der Waals surface area contributed by atoms with Crippen LogP contribution in [0.1, 0.15) is 12.7 Å². The van der Waals surface area contributed by atoms with Crippen molar-refractivity contribution in [3.05, 3.63) is 18.0 Å². The quantitative estimate of drug-likeness (QED) is 0.654. The second-order valence-electron chi connectivity index (χ2n) is 1.82. The monoisotopic (exact) mass is 155 g/mol. The van der Waals surface area contributed by atoms with Gasteiger partial charge in [-0.3, -0.25) is 0 Å². The fourth-order valence-corrected chi connectivity index (χ4v) is 1.03. The van der Waals surface area contributed by atoms with E-state index in [0.717, 1.165) is 12.2 Å². The summed E-state index contributed by atoms with van der Waals surface area (Å²) in [5.41, 5.74) is 5.37. The van der Waals surface area contributed by atoms with E-state index in [-0.39, 0.29) is 0 Å². The van der Waals surface area contributed by atoms with Crippen LogP contribution >= 0.6 is 11.5 Å². The zero-order valence-electron chi connectivity index (χ0n) is 5.74. The van der Waals surface area contributed by atoms with Gasteiger partial charge in [0.05, 0.1) is 0 Å². The molecule has 1 aromatic heterocycles. The molecule has 54 valence electrons. The van der Waals surface area contributed by atoms with Crippen molar-refractivity contribution in [2.45, 2.75) is 13.3 Å². The third kappa shape index (κ3) is 1.80. The number of nitrogens with two attached hydrogens (primary N) is 1. The molecule has 2 N–H and O–H groups in total. The van der Waals surface area contributed by atoms with Gasteiger partial charge in [0.25, 0.3) is 0 Å². The molecule has 0 spiro atoms. The molecule has 0 unspecified atom stereocenters. The zero-order valence-corrected chi connectivity index (χ0v) is 6.56. The summed E-state index contributed by atoms with van der Waals surface area (Å²) in [6.45, 7) is 1.97. The summed E-state index contributed by atoms with van der Waals surface area (Å²) in [5, 5.41) is 0.541. The maximum Gasteiger partial charge on any atom is 0.199 e. The maximum absolute atomic E-state index is 5.37. The van der Waals surface area contributed by atoms with Gasteiger partial charge in [-0.1, -0.05) is 12.2 Å². The zero-order chi connectivity index (χ0) is 7.40. The number of aromatic nitrogens is 2. The van der Waals surface area contributed by atoms with Crippen LogP contribution in [0, 0.1) is 0 Å². The van der Waals surface area contributed by atoms with Gasteiger partial charge in [-0.05, 0) is 6.92 Å². The molecule has 0 bridgehead atoms. The van der Waals surface area contributed by atoms with Gasteiger partial charge in [0, 0.05) is 18.0 Å². The summed E-state index contributed by atoms with van der Waals surface area (Å²) in [5.74, 6) is 0.806. The molecule has 10 heavy (non-hydrogen) atoms. The van der Waals surface area contributed by atoms with Crippen LogP contribution in [0.25, 0.3) is 0 Å². The lowest BCUT2D eigenvalue weighted by Crippen LogP contribution is -1.85. The van der Waals surface area contributed by atoms with Gasteiger partial charge in [-0.15, -0.1) is 0 Å². The van der Waals surface area contributed by atoms with Gasteiger partial charge in [-0.2, -0.15) is 4.37 Å². The van der Waals surface area contributed by atoms with E-state index in [1.807, 2.05) is 19.1 Å². The van der Waals surface area contributed by atoms with Crippen molar-refractivity contribution in [2.24, 2.45) is 0 Å². The highest BCUT2D eigenvalue weighted by atomic mass is 32.1. The molecule has 1 aromatic rings. The van der Waals surface area contributed by atoms with E-state index in [2.05, 4.69) is 9.36 Å². The minimum absolute atomic E-state index is 0.541. The number of allylic oxidation sites excluding steroid dienone is 2. The van der Waals surface area contributed by atoms with E-state index in [0.29, 0.717) is 5.13 Å². The summed E-state index contributed by atoms with van der Waals surface area (Å²) in [7, 11) is 0. The van der Waals surface area contributed by atoms with Crippen LogP contribution in [0.4, 0.5) is 5.13 Å². The summed E-state index contributed by atoms with van der Waals surface area (Å²) in [6.07, 6.45) is 4.75. The van der Waals surface area contributed by atoms with Gasteiger partial charge in [0.1, 0.15) is 5.82 Å².